The van der Waals surface area contributed by atoms with Gasteiger partial charge in [-0.15, -0.1) is 0 Å². The minimum absolute atomic E-state index is 0.00584. The Labute approximate surface area is 169 Å². The lowest BCUT2D eigenvalue weighted by Gasteiger charge is -2.24. The Morgan fingerprint density at radius 2 is 1.72 bits per heavy atom. The van der Waals surface area contributed by atoms with E-state index in [0.717, 1.165) is 18.9 Å². The number of carbonyl (C=O) groups is 3. The summed E-state index contributed by atoms with van der Waals surface area (Å²) in [6, 6.07) is 2.99. The highest BCUT2D eigenvalue weighted by atomic mass is 19.1. The van der Waals surface area contributed by atoms with Gasteiger partial charge in [0.1, 0.15) is 11.6 Å². The number of nitrogens with one attached hydrogen (secondary N) is 2. The molecule has 29 heavy (non-hydrogen) atoms. The number of halogens is 2. The summed E-state index contributed by atoms with van der Waals surface area (Å²) in [5.41, 5.74) is 0.324. The number of hydrogen-bond donors (Lipinski definition) is 2. The van der Waals surface area contributed by atoms with Crippen molar-refractivity contribution in [3.63, 3.8) is 0 Å². The molecule has 0 spiro atoms. The molecule has 2 aliphatic rings. The SMILES string of the molecule is CN1CC(NC(=O)C2CC2)CCCC(C(=O)NCc2cc(F)cc(F)c2)CC1=O. The highest BCUT2D eigenvalue weighted by Crippen LogP contribution is 2.29. The van der Waals surface area contributed by atoms with Crippen molar-refractivity contribution in [3.05, 3.63) is 35.4 Å². The van der Waals surface area contributed by atoms with Crippen molar-refractivity contribution >= 4 is 17.7 Å². The molecule has 3 amide bonds. The Hall–Kier alpha value is -2.51. The first-order valence-electron chi connectivity index (χ1n) is 10.1. The number of likely N-dealkylation sites (N-methyl/N-ethyl adjacent to an activating group) is 1. The van der Waals surface area contributed by atoms with Gasteiger partial charge in [-0.05, 0) is 43.4 Å². The summed E-state index contributed by atoms with van der Waals surface area (Å²) in [4.78, 5) is 38.7. The van der Waals surface area contributed by atoms with Crippen LogP contribution in [0, 0.1) is 23.5 Å². The monoisotopic (exact) mass is 407 g/mol. The zero-order valence-corrected chi connectivity index (χ0v) is 16.5. The van der Waals surface area contributed by atoms with E-state index in [1.54, 1.807) is 11.9 Å². The molecular weight excluding hydrogens is 380 g/mol. The van der Waals surface area contributed by atoms with E-state index in [2.05, 4.69) is 10.6 Å². The maximum Gasteiger partial charge on any atom is 0.223 e. The summed E-state index contributed by atoms with van der Waals surface area (Å²) in [5.74, 6) is -2.23. The van der Waals surface area contributed by atoms with Crippen LogP contribution in [0.15, 0.2) is 18.2 Å². The van der Waals surface area contributed by atoms with Crippen molar-refractivity contribution in [2.75, 3.05) is 13.6 Å². The van der Waals surface area contributed by atoms with Gasteiger partial charge >= 0.3 is 0 Å². The fourth-order valence-corrected chi connectivity index (χ4v) is 3.66. The van der Waals surface area contributed by atoms with Gasteiger partial charge in [0.05, 0.1) is 0 Å². The average Bonchev–Trinajstić information content (AvgIpc) is 3.48. The maximum absolute atomic E-state index is 13.3. The van der Waals surface area contributed by atoms with Gasteiger partial charge in [0.15, 0.2) is 0 Å². The number of nitrogens with zero attached hydrogens (tertiary/aromatic N) is 1. The topological polar surface area (TPSA) is 78.5 Å². The van der Waals surface area contributed by atoms with E-state index in [1.807, 2.05) is 0 Å². The molecule has 2 N–H and O–H groups in total. The molecular formula is C21H27F2N3O3. The van der Waals surface area contributed by atoms with E-state index in [9.17, 15) is 23.2 Å². The molecule has 1 aromatic carbocycles. The minimum atomic E-state index is -0.701. The molecule has 1 aromatic rings. The lowest BCUT2D eigenvalue weighted by Crippen LogP contribution is -2.44. The first-order chi connectivity index (χ1) is 13.8. The van der Waals surface area contributed by atoms with Crippen molar-refractivity contribution in [1.29, 1.82) is 0 Å². The van der Waals surface area contributed by atoms with Crippen LogP contribution in [0.3, 0.4) is 0 Å². The third-order valence-electron chi connectivity index (χ3n) is 5.50. The zero-order chi connectivity index (χ0) is 21.0. The predicted octanol–water partition coefficient (Wildman–Crippen LogP) is 2.12. The summed E-state index contributed by atoms with van der Waals surface area (Å²) in [5, 5.41) is 5.71. The lowest BCUT2D eigenvalue weighted by atomic mass is 9.96. The van der Waals surface area contributed by atoms with E-state index in [0.29, 0.717) is 31.4 Å². The Balaban J connectivity index is 1.57. The first kappa shape index (κ1) is 21.2. The Bertz CT molecular complexity index is 762. The predicted molar refractivity (Wildman–Crippen MR) is 102 cm³/mol. The molecule has 2 fully saturated rings. The van der Waals surface area contributed by atoms with Crippen LogP contribution in [-0.4, -0.2) is 42.3 Å². The molecule has 1 saturated heterocycles. The molecule has 2 unspecified atom stereocenters. The van der Waals surface area contributed by atoms with E-state index in [4.69, 9.17) is 0 Å². The third kappa shape index (κ3) is 6.24. The second-order valence-corrected chi connectivity index (χ2v) is 8.08. The molecule has 8 heteroatoms. The summed E-state index contributed by atoms with van der Waals surface area (Å²) in [6.45, 7) is 0.419. The van der Waals surface area contributed by atoms with Gasteiger partial charge in [-0.3, -0.25) is 14.4 Å². The third-order valence-corrected chi connectivity index (χ3v) is 5.50. The number of amides is 3. The van der Waals surface area contributed by atoms with Crippen molar-refractivity contribution in [1.82, 2.24) is 15.5 Å². The summed E-state index contributed by atoms with van der Waals surface area (Å²) in [7, 11) is 1.68. The van der Waals surface area contributed by atoms with Gasteiger partial charge in [-0.25, -0.2) is 8.78 Å². The summed E-state index contributed by atoms with van der Waals surface area (Å²) < 4.78 is 26.6. The number of carbonyl (C=O) groups excluding carboxylic acids is 3. The standard InChI is InChI=1S/C21H27F2N3O3/c1-26-12-18(25-21(29)14-5-6-14)4-2-3-15(9-19(26)27)20(28)24-11-13-7-16(22)10-17(23)8-13/h7-8,10,14-15,18H,2-6,9,11-12H2,1H3,(H,24,28)(H,25,29). The molecule has 1 heterocycles. The molecule has 3 rings (SSSR count). The summed E-state index contributed by atoms with van der Waals surface area (Å²) in [6.07, 6.45) is 3.82. The second-order valence-electron chi connectivity index (χ2n) is 8.08. The zero-order valence-electron chi connectivity index (χ0n) is 16.5. The Morgan fingerprint density at radius 3 is 2.38 bits per heavy atom. The molecule has 2 atom stereocenters. The number of benzene rings is 1. The fraction of sp³-hybridized carbons (Fsp3) is 0.571. The average molecular weight is 407 g/mol. The fourth-order valence-electron chi connectivity index (χ4n) is 3.66. The largest absolute Gasteiger partial charge is 0.352 e. The van der Waals surface area contributed by atoms with Gasteiger partial charge in [0.2, 0.25) is 17.7 Å². The quantitative estimate of drug-likeness (QED) is 0.785. The highest BCUT2D eigenvalue weighted by molar-refractivity contribution is 5.86. The van der Waals surface area contributed by atoms with Crippen LogP contribution in [-0.2, 0) is 20.9 Å². The molecule has 1 aliphatic heterocycles. The molecule has 158 valence electrons. The molecule has 6 nitrogen and oxygen atoms in total. The van der Waals surface area contributed by atoms with Crippen LogP contribution < -0.4 is 10.6 Å². The highest BCUT2D eigenvalue weighted by Gasteiger charge is 2.32. The van der Waals surface area contributed by atoms with Gasteiger partial charge in [0.25, 0.3) is 0 Å². The van der Waals surface area contributed by atoms with E-state index < -0.39 is 17.6 Å². The van der Waals surface area contributed by atoms with Gasteiger partial charge in [-0.1, -0.05) is 6.42 Å². The van der Waals surface area contributed by atoms with Crippen molar-refractivity contribution < 1.29 is 23.2 Å². The van der Waals surface area contributed by atoms with Gasteiger partial charge in [-0.2, -0.15) is 0 Å². The minimum Gasteiger partial charge on any atom is -0.352 e. The van der Waals surface area contributed by atoms with Crippen LogP contribution in [0.5, 0.6) is 0 Å². The molecule has 1 aliphatic carbocycles. The molecule has 0 bridgehead atoms. The summed E-state index contributed by atoms with van der Waals surface area (Å²) >= 11 is 0. The van der Waals surface area contributed by atoms with Crippen LogP contribution in [0.25, 0.3) is 0 Å². The van der Waals surface area contributed by atoms with Crippen molar-refractivity contribution in [2.24, 2.45) is 11.8 Å². The van der Waals surface area contributed by atoms with Gasteiger partial charge in [0, 0.05) is 50.5 Å². The van der Waals surface area contributed by atoms with Crippen molar-refractivity contribution in [3.8, 4) is 0 Å². The molecule has 0 aromatic heterocycles. The Morgan fingerprint density at radius 1 is 1.03 bits per heavy atom. The smallest absolute Gasteiger partial charge is 0.223 e. The second kappa shape index (κ2) is 9.33. The first-order valence-corrected chi connectivity index (χ1v) is 10.1. The number of rotatable bonds is 5. The maximum atomic E-state index is 13.3. The number of hydrogen-bond acceptors (Lipinski definition) is 3. The Kier molecular flexibility index (Phi) is 6.82. The van der Waals surface area contributed by atoms with Crippen LogP contribution >= 0.6 is 0 Å². The van der Waals surface area contributed by atoms with Crippen LogP contribution in [0.1, 0.15) is 44.1 Å². The molecule has 0 radical (unpaired) electrons. The van der Waals surface area contributed by atoms with E-state index in [1.165, 1.54) is 12.1 Å². The van der Waals surface area contributed by atoms with Crippen LogP contribution in [0.4, 0.5) is 8.78 Å². The van der Waals surface area contributed by atoms with Crippen molar-refractivity contribution in [2.45, 2.75) is 51.1 Å². The lowest BCUT2D eigenvalue weighted by molar-refractivity contribution is -0.135. The van der Waals surface area contributed by atoms with E-state index >= 15 is 0 Å². The van der Waals surface area contributed by atoms with Gasteiger partial charge < -0.3 is 15.5 Å². The van der Waals surface area contributed by atoms with E-state index in [-0.39, 0.29) is 42.6 Å². The van der Waals surface area contributed by atoms with Crippen LogP contribution in [0.2, 0.25) is 0 Å². The normalized spacial score (nSPS) is 23.0. The molecule has 1 saturated carbocycles.